The van der Waals surface area contributed by atoms with Crippen LogP contribution in [0.2, 0.25) is 0 Å². The van der Waals surface area contributed by atoms with Gasteiger partial charge in [0.25, 0.3) is 16.8 Å². The van der Waals surface area contributed by atoms with E-state index >= 15 is 0 Å². The fourth-order valence-electron chi connectivity index (χ4n) is 0.754. The van der Waals surface area contributed by atoms with Crippen molar-refractivity contribution in [3.63, 3.8) is 0 Å². The molecule has 0 saturated heterocycles. The van der Waals surface area contributed by atoms with Crippen LogP contribution >= 0.6 is 16.8 Å². The summed E-state index contributed by atoms with van der Waals surface area (Å²) in [5, 5.41) is 0. The third kappa shape index (κ3) is 8.42. The molecule has 0 unspecified atom stereocenters. The van der Waals surface area contributed by atoms with Crippen molar-refractivity contribution in [2.24, 2.45) is 0 Å². The van der Waals surface area contributed by atoms with Crippen LogP contribution in [0.4, 0.5) is 0 Å². The van der Waals surface area contributed by atoms with E-state index in [1.807, 2.05) is 27.7 Å². The summed E-state index contributed by atoms with van der Waals surface area (Å²) in [5.41, 5.74) is 5.88. The molecule has 0 N–H and O–H groups in total. The lowest BCUT2D eigenvalue weighted by Gasteiger charge is -2.10. The molecule has 0 aliphatic heterocycles. The van der Waals surface area contributed by atoms with Gasteiger partial charge in [-0.2, -0.15) is 0 Å². The molecule has 0 aromatic heterocycles. The maximum absolute atomic E-state index is 5.36. The van der Waals surface area contributed by atoms with Gasteiger partial charge in [0.15, 0.2) is 0 Å². The molecule has 94 valence electrons. The summed E-state index contributed by atoms with van der Waals surface area (Å²) in [6, 6.07) is 0. The minimum atomic E-state index is -1.12. The van der Waals surface area contributed by atoms with Gasteiger partial charge in [0.2, 0.25) is 0 Å². The van der Waals surface area contributed by atoms with Gasteiger partial charge in [-0.05, 0) is 39.0 Å². The molecule has 0 saturated carbocycles. The minimum absolute atomic E-state index is 0.599. The van der Waals surface area contributed by atoms with E-state index < -0.39 is 16.8 Å². The Kier molecular flexibility index (Phi) is 11.9. The van der Waals surface area contributed by atoms with Crippen molar-refractivity contribution in [3.05, 3.63) is 0 Å². The zero-order valence-corrected chi connectivity index (χ0v) is 12.1. The van der Waals surface area contributed by atoms with Crippen LogP contribution in [-0.4, -0.2) is 26.4 Å². The van der Waals surface area contributed by atoms with Gasteiger partial charge in [-0.25, -0.2) is 0 Å². The molecule has 0 heterocycles. The first kappa shape index (κ1) is 16.3. The van der Waals surface area contributed by atoms with Gasteiger partial charge >= 0.3 is 0 Å². The van der Waals surface area contributed by atoms with E-state index in [1.54, 1.807) is 0 Å². The SMILES string of the molecule is CCOP(C#CP(OCC)OCC)OCC. The highest BCUT2D eigenvalue weighted by Gasteiger charge is 2.08. The van der Waals surface area contributed by atoms with E-state index in [0.29, 0.717) is 26.4 Å². The van der Waals surface area contributed by atoms with Crippen LogP contribution in [0.1, 0.15) is 27.7 Å². The average Bonchev–Trinajstić information content (AvgIpc) is 2.27. The number of hydrogen-bond donors (Lipinski definition) is 0. The molecule has 0 fully saturated rings. The minimum Gasteiger partial charge on any atom is -0.325 e. The second-order valence-corrected chi connectivity index (χ2v) is 4.92. The summed E-state index contributed by atoms with van der Waals surface area (Å²) in [6.07, 6.45) is 0. The maximum atomic E-state index is 5.36. The van der Waals surface area contributed by atoms with Gasteiger partial charge in [0.05, 0.1) is 26.4 Å². The number of hydrogen-bond acceptors (Lipinski definition) is 4. The van der Waals surface area contributed by atoms with Crippen LogP contribution in [0.3, 0.4) is 0 Å². The monoisotopic (exact) mass is 266 g/mol. The summed E-state index contributed by atoms with van der Waals surface area (Å²) >= 11 is 0. The zero-order chi connectivity index (χ0) is 12.2. The third-order valence-electron chi connectivity index (χ3n) is 1.22. The summed E-state index contributed by atoms with van der Waals surface area (Å²) in [6.45, 7) is 10.1. The summed E-state index contributed by atoms with van der Waals surface area (Å²) < 4.78 is 21.4. The Hall–Kier alpha value is 0.260. The first-order valence-corrected chi connectivity index (χ1v) is 7.77. The molecule has 0 bridgehead atoms. The van der Waals surface area contributed by atoms with Crippen molar-refractivity contribution >= 4 is 16.8 Å². The van der Waals surface area contributed by atoms with Crippen molar-refractivity contribution in [2.45, 2.75) is 27.7 Å². The smallest absolute Gasteiger partial charge is 0.257 e. The highest BCUT2D eigenvalue weighted by Crippen LogP contribution is 2.41. The van der Waals surface area contributed by atoms with E-state index in [9.17, 15) is 0 Å². The topological polar surface area (TPSA) is 36.9 Å². The molecule has 0 aliphatic carbocycles. The van der Waals surface area contributed by atoms with Gasteiger partial charge in [-0.3, -0.25) is 0 Å². The Morgan fingerprint density at radius 3 is 1.06 bits per heavy atom. The van der Waals surface area contributed by atoms with Crippen LogP contribution in [0.5, 0.6) is 0 Å². The molecule has 0 atom stereocenters. The van der Waals surface area contributed by atoms with Crippen molar-refractivity contribution in [2.75, 3.05) is 26.4 Å². The van der Waals surface area contributed by atoms with Gasteiger partial charge in [-0.15, -0.1) is 0 Å². The molecule has 6 heteroatoms. The largest absolute Gasteiger partial charge is 0.325 e. The van der Waals surface area contributed by atoms with Crippen molar-refractivity contribution in [1.29, 1.82) is 0 Å². The van der Waals surface area contributed by atoms with Crippen LogP contribution in [0.25, 0.3) is 0 Å². The van der Waals surface area contributed by atoms with E-state index in [2.05, 4.69) is 11.3 Å². The Bertz CT molecular complexity index is 183. The molecule has 0 aromatic rings. The summed E-state index contributed by atoms with van der Waals surface area (Å²) in [4.78, 5) is 0. The van der Waals surface area contributed by atoms with Crippen LogP contribution in [0.15, 0.2) is 0 Å². The van der Waals surface area contributed by atoms with E-state index in [0.717, 1.165) is 0 Å². The van der Waals surface area contributed by atoms with Crippen molar-refractivity contribution in [1.82, 2.24) is 0 Å². The van der Waals surface area contributed by atoms with Gasteiger partial charge in [0.1, 0.15) is 0 Å². The summed E-state index contributed by atoms with van der Waals surface area (Å²) in [7, 11) is -2.24. The second-order valence-electron chi connectivity index (χ2n) is 2.41. The highest BCUT2D eigenvalue weighted by molar-refractivity contribution is 7.57. The first-order chi connectivity index (χ1) is 7.78. The lowest BCUT2D eigenvalue weighted by Crippen LogP contribution is -1.90. The molecule has 0 radical (unpaired) electrons. The molecule has 16 heavy (non-hydrogen) atoms. The van der Waals surface area contributed by atoms with Gasteiger partial charge in [-0.1, -0.05) is 0 Å². The quantitative estimate of drug-likeness (QED) is 0.496. The van der Waals surface area contributed by atoms with E-state index in [1.165, 1.54) is 0 Å². The number of rotatable bonds is 8. The maximum Gasteiger partial charge on any atom is 0.257 e. The molecule has 0 aromatic carbocycles. The van der Waals surface area contributed by atoms with Crippen molar-refractivity contribution < 1.29 is 18.1 Å². The fourth-order valence-corrected chi connectivity index (χ4v) is 2.75. The first-order valence-electron chi connectivity index (χ1n) is 5.41. The molecule has 4 nitrogen and oxygen atoms in total. The lowest BCUT2D eigenvalue weighted by atomic mass is 10.9. The van der Waals surface area contributed by atoms with Crippen LogP contribution in [0, 0.1) is 11.3 Å². The fraction of sp³-hybridized carbons (Fsp3) is 0.800. The predicted molar refractivity (Wildman–Crippen MR) is 68.1 cm³/mol. The molecular weight excluding hydrogens is 246 g/mol. The zero-order valence-electron chi connectivity index (χ0n) is 10.4. The molecular formula is C10H20O4P2. The Labute approximate surface area is 101 Å². The average molecular weight is 266 g/mol. The van der Waals surface area contributed by atoms with Crippen molar-refractivity contribution in [3.8, 4) is 11.3 Å². The predicted octanol–water partition coefficient (Wildman–Crippen LogP) is 3.67. The highest BCUT2D eigenvalue weighted by atomic mass is 31.2. The van der Waals surface area contributed by atoms with E-state index in [-0.39, 0.29) is 0 Å². The third-order valence-corrected chi connectivity index (χ3v) is 3.95. The van der Waals surface area contributed by atoms with Gasteiger partial charge < -0.3 is 18.1 Å². The molecule has 0 rings (SSSR count). The summed E-state index contributed by atoms with van der Waals surface area (Å²) in [5.74, 6) is 0. The van der Waals surface area contributed by atoms with E-state index in [4.69, 9.17) is 18.1 Å². The Balaban J connectivity index is 4.22. The van der Waals surface area contributed by atoms with Gasteiger partial charge in [0, 0.05) is 0 Å². The molecule has 0 spiro atoms. The lowest BCUT2D eigenvalue weighted by molar-refractivity contribution is 0.276. The molecule has 0 amide bonds. The second kappa shape index (κ2) is 11.7. The van der Waals surface area contributed by atoms with Crippen LogP contribution < -0.4 is 0 Å². The normalized spacial score (nSPS) is 10.6. The standard InChI is InChI=1S/C10H20O4P2/c1-5-11-15(12-6-2)9-10-16(13-7-3)14-8-4/h5-8H2,1-4H3. The Morgan fingerprint density at radius 1 is 0.625 bits per heavy atom. The Morgan fingerprint density at radius 2 is 0.875 bits per heavy atom. The molecule has 0 aliphatic rings. The van der Waals surface area contributed by atoms with Crippen LogP contribution in [-0.2, 0) is 18.1 Å².